The molecule has 3 nitrogen and oxygen atoms in total. The van der Waals surface area contributed by atoms with Crippen LogP contribution in [0.4, 0.5) is 4.79 Å². The third-order valence-electron chi connectivity index (χ3n) is 0.333. The summed E-state index contributed by atoms with van der Waals surface area (Å²) in [6, 6.07) is 0. The monoisotopic (exact) mass is 215 g/mol. The number of hydrogen-bond acceptors (Lipinski definition) is 3. The first-order valence-electron chi connectivity index (χ1n) is 1.79. The Balaban J connectivity index is 2.82. The van der Waals surface area contributed by atoms with E-state index in [2.05, 4.69) is 4.74 Å². The van der Waals surface area contributed by atoms with E-state index in [0.717, 1.165) is 0 Å². The van der Waals surface area contributed by atoms with Crippen LogP contribution in [-0.4, -0.2) is 17.1 Å². The summed E-state index contributed by atoms with van der Waals surface area (Å²) < 4.78 is 4.11. The fraction of sp³-hybridized carbons (Fsp3) is 0.667. The Morgan fingerprint density at radius 1 is 1.86 bits per heavy atom. The third-order valence-corrected chi connectivity index (χ3v) is 0.645. The van der Waals surface area contributed by atoms with Crippen LogP contribution in [0, 0.1) is 0 Å². The second-order valence-corrected chi connectivity index (χ2v) is 1.76. The van der Waals surface area contributed by atoms with Crippen LogP contribution in [-0.2, 0) is 4.74 Å². The summed E-state index contributed by atoms with van der Waals surface area (Å²) in [4.78, 5) is 9.91. The minimum absolute atomic E-state index is 0.303. The van der Waals surface area contributed by atoms with Gasteiger partial charge in [0, 0.05) is 6.54 Å². The Labute approximate surface area is 55.3 Å². The highest BCUT2D eigenvalue weighted by Gasteiger charge is 1.88. The van der Waals surface area contributed by atoms with E-state index in [1.807, 2.05) is 0 Å². The van der Waals surface area contributed by atoms with Gasteiger partial charge in [-0.15, -0.1) is 0 Å². The summed E-state index contributed by atoms with van der Waals surface area (Å²) in [6.45, 7) is 0.719. The summed E-state index contributed by atoms with van der Waals surface area (Å²) in [5.41, 5.74) is 5.00. The van der Waals surface area contributed by atoms with Crippen LogP contribution in [0.2, 0.25) is 0 Å². The van der Waals surface area contributed by atoms with Crippen molar-refractivity contribution in [3.63, 3.8) is 0 Å². The molecule has 0 aliphatic carbocycles. The average Bonchev–Trinajstić information content (AvgIpc) is 1.61. The van der Waals surface area contributed by atoms with Crippen molar-refractivity contribution in [2.45, 2.75) is 0 Å². The maximum absolute atomic E-state index is 9.91. The number of hydrogen-bond donors (Lipinski definition) is 1. The van der Waals surface area contributed by atoms with E-state index < -0.39 is 0 Å². The molecule has 0 aromatic heterocycles. The molecule has 0 aromatic carbocycles. The van der Waals surface area contributed by atoms with Gasteiger partial charge in [0.2, 0.25) is 0 Å². The molecule has 0 aromatic rings. The van der Waals surface area contributed by atoms with Crippen molar-refractivity contribution >= 4 is 26.6 Å². The fourth-order valence-electron chi connectivity index (χ4n) is 0.139. The summed E-state index contributed by atoms with van der Waals surface area (Å²) in [5, 5.41) is 0. The summed E-state index contributed by atoms with van der Waals surface area (Å²) in [6.07, 6.45) is 0. The van der Waals surface area contributed by atoms with Gasteiger partial charge in [-0.05, 0) is 0 Å². The second-order valence-electron chi connectivity index (χ2n) is 0.875. The minimum atomic E-state index is -0.303. The Bertz CT molecular complexity index is 66.0. The van der Waals surface area contributed by atoms with E-state index >= 15 is 0 Å². The van der Waals surface area contributed by atoms with Crippen molar-refractivity contribution in [3.8, 4) is 0 Å². The predicted octanol–water partition coefficient (Wildman–Crippen LogP) is 0.517. The topological polar surface area (TPSA) is 52.3 Å². The molecule has 42 valence electrons. The molecule has 0 atom stereocenters. The molecular weight excluding hydrogens is 209 g/mol. The SMILES string of the molecule is NCCOC(=O)I. The number of ether oxygens (including phenoxy) is 1. The van der Waals surface area contributed by atoms with E-state index in [1.165, 1.54) is 0 Å². The molecule has 2 N–H and O–H groups in total. The van der Waals surface area contributed by atoms with Gasteiger partial charge in [0.05, 0.1) is 22.6 Å². The van der Waals surface area contributed by atoms with Crippen LogP contribution < -0.4 is 5.73 Å². The molecular formula is C3H6INO2. The zero-order valence-corrected chi connectivity index (χ0v) is 5.84. The predicted molar refractivity (Wildman–Crippen MR) is 34.4 cm³/mol. The maximum Gasteiger partial charge on any atom is 0.367 e. The Hall–Kier alpha value is 0.160. The Morgan fingerprint density at radius 2 is 2.43 bits per heavy atom. The number of nitrogens with two attached hydrogens (primary N) is 1. The lowest BCUT2D eigenvalue weighted by atomic mass is 10.7. The maximum atomic E-state index is 9.91. The van der Waals surface area contributed by atoms with Crippen molar-refractivity contribution < 1.29 is 9.53 Å². The molecule has 0 bridgehead atoms. The summed E-state index contributed by atoms with van der Waals surface area (Å²) in [7, 11) is 0. The molecule has 0 radical (unpaired) electrons. The van der Waals surface area contributed by atoms with Crippen LogP contribution in [0.25, 0.3) is 0 Å². The van der Waals surface area contributed by atoms with E-state index in [1.54, 1.807) is 22.6 Å². The molecule has 0 rings (SSSR count). The largest absolute Gasteiger partial charge is 0.457 e. The molecule has 0 saturated carbocycles. The molecule has 0 fully saturated rings. The van der Waals surface area contributed by atoms with Crippen molar-refractivity contribution in [2.75, 3.05) is 13.2 Å². The van der Waals surface area contributed by atoms with Gasteiger partial charge >= 0.3 is 3.98 Å². The van der Waals surface area contributed by atoms with Crippen molar-refractivity contribution in [3.05, 3.63) is 0 Å². The number of halogens is 1. The van der Waals surface area contributed by atoms with Crippen LogP contribution in [0.5, 0.6) is 0 Å². The second kappa shape index (κ2) is 4.32. The highest BCUT2D eigenvalue weighted by Crippen LogP contribution is 1.88. The molecule has 0 aliphatic rings. The standard InChI is InChI=1S/C3H6INO2/c4-3(6)7-2-1-5/h1-2,5H2. The van der Waals surface area contributed by atoms with Gasteiger partial charge in [-0.25, -0.2) is 4.79 Å². The van der Waals surface area contributed by atoms with E-state index in [0.29, 0.717) is 13.2 Å². The molecule has 4 heteroatoms. The van der Waals surface area contributed by atoms with Gasteiger partial charge in [-0.1, -0.05) is 0 Å². The number of carbonyl (C=O) groups is 1. The molecule has 0 amide bonds. The van der Waals surface area contributed by atoms with Gasteiger partial charge < -0.3 is 10.5 Å². The van der Waals surface area contributed by atoms with Gasteiger partial charge in [0.15, 0.2) is 0 Å². The lowest BCUT2D eigenvalue weighted by Crippen LogP contribution is -2.08. The first kappa shape index (κ1) is 7.16. The fourth-order valence-corrected chi connectivity index (χ4v) is 0.359. The first-order valence-corrected chi connectivity index (χ1v) is 2.87. The Morgan fingerprint density at radius 3 is 2.57 bits per heavy atom. The summed E-state index contributed by atoms with van der Waals surface area (Å²) in [5.74, 6) is 0. The van der Waals surface area contributed by atoms with Crippen LogP contribution >= 0.6 is 22.6 Å². The van der Waals surface area contributed by atoms with Crippen LogP contribution in [0.3, 0.4) is 0 Å². The zero-order valence-electron chi connectivity index (χ0n) is 3.69. The number of carbonyl (C=O) groups excluding carboxylic acids is 1. The smallest absolute Gasteiger partial charge is 0.367 e. The van der Waals surface area contributed by atoms with E-state index in [9.17, 15) is 4.79 Å². The molecule has 0 unspecified atom stereocenters. The lowest BCUT2D eigenvalue weighted by molar-refractivity contribution is 0.182. The number of rotatable bonds is 2. The highest BCUT2D eigenvalue weighted by atomic mass is 127. The molecule has 0 heterocycles. The first-order chi connectivity index (χ1) is 3.27. The third kappa shape index (κ3) is 6.16. The Kier molecular flexibility index (Phi) is 4.42. The van der Waals surface area contributed by atoms with Gasteiger partial charge in [0.1, 0.15) is 6.61 Å². The summed E-state index contributed by atoms with van der Waals surface area (Å²) >= 11 is 1.55. The quantitative estimate of drug-likeness (QED) is 0.539. The molecule has 0 saturated heterocycles. The van der Waals surface area contributed by atoms with E-state index in [-0.39, 0.29) is 3.98 Å². The highest BCUT2D eigenvalue weighted by molar-refractivity contribution is 14.1. The zero-order chi connectivity index (χ0) is 5.70. The van der Waals surface area contributed by atoms with Crippen LogP contribution in [0.1, 0.15) is 0 Å². The van der Waals surface area contributed by atoms with Gasteiger partial charge in [-0.2, -0.15) is 0 Å². The normalized spacial score (nSPS) is 8.29. The molecule has 0 spiro atoms. The molecule has 7 heavy (non-hydrogen) atoms. The minimum Gasteiger partial charge on any atom is -0.457 e. The average molecular weight is 215 g/mol. The van der Waals surface area contributed by atoms with Gasteiger partial charge in [0.25, 0.3) is 0 Å². The molecule has 0 aliphatic heterocycles. The lowest BCUT2D eigenvalue weighted by Gasteiger charge is -1.92. The van der Waals surface area contributed by atoms with Crippen LogP contribution in [0.15, 0.2) is 0 Å². The van der Waals surface area contributed by atoms with Crippen molar-refractivity contribution in [1.82, 2.24) is 0 Å². The van der Waals surface area contributed by atoms with Gasteiger partial charge in [-0.3, -0.25) is 0 Å². The van der Waals surface area contributed by atoms with E-state index in [4.69, 9.17) is 5.73 Å². The van der Waals surface area contributed by atoms with Crippen molar-refractivity contribution in [2.24, 2.45) is 5.73 Å². The van der Waals surface area contributed by atoms with Crippen molar-refractivity contribution in [1.29, 1.82) is 0 Å².